The van der Waals surface area contributed by atoms with Gasteiger partial charge in [-0.05, 0) is 19.8 Å². The number of hydrogen-bond donors (Lipinski definition) is 2. The first-order valence-corrected chi connectivity index (χ1v) is 7.70. The minimum absolute atomic E-state index is 0.0114. The number of aromatic nitrogens is 2. The van der Waals surface area contributed by atoms with Crippen molar-refractivity contribution in [1.29, 1.82) is 0 Å². The van der Waals surface area contributed by atoms with Gasteiger partial charge in [-0.25, -0.2) is 12.7 Å². The Bertz CT molecular complexity index is 510. The summed E-state index contributed by atoms with van der Waals surface area (Å²) in [4.78, 5) is 0.0223. The quantitative estimate of drug-likeness (QED) is 0.750. The van der Waals surface area contributed by atoms with Gasteiger partial charge in [0, 0.05) is 26.3 Å². The molecule has 0 spiro atoms. The lowest BCUT2D eigenvalue weighted by molar-refractivity contribution is 0.177. The van der Waals surface area contributed by atoms with Crippen molar-refractivity contribution in [3.8, 4) is 0 Å². The molecule has 0 aliphatic carbocycles. The first-order chi connectivity index (χ1) is 8.78. The van der Waals surface area contributed by atoms with E-state index in [4.69, 9.17) is 5.73 Å². The second-order valence-electron chi connectivity index (χ2n) is 4.61. The van der Waals surface area contributed by atoms with E-state index >= 15 is 0 Å². The second kappa shape index (κ2) is 6.36. The number of nitrogen functional groups attached to an aromatic ring is 1. The Morgan fingerprint density at radius 3 is 2.74 bits per heavy atom. The van der Waals surface area contributed by atoms with Crippen molar-refractivity contribution >= 4 is 15.8 Å². The molecule has 0 radical (unpaired) electrons. The molecule has 0 aliphatic rings. The molecule has 0 aliphatic heterocycles. The van der Waals surface area contributed by atoms with Gasteiger partial charge in [0.2, 0.25) is 10.0 Å². The summed E-state index contributed by atoms with van der Waals surface area (Å²) in [5, 5.41) is 13.2. The van der Waals surface area contributed by atoms with Gasteiger partial charge in [0.05, 0.1) is 6.10 Å². The van der Waals surface area contributed by atoms with Crippen molar-refractivity contribution in [3.63, 3.8) is 0 Å². The van der Waals surface area contributed by atoms with Crippen LogP contribution in [0.2, 0.25) is 0 Å². The Balaban J connectivity index is 2.93. The molecule has 0 saturated heterocycles. The number of aryl methyl sites for hydroxylation is 1. The second-order valence-corrected chi connectivity index (χ2v) is 6.62. The van der Waals surface area contributed by atoms with E-state index in [1.165, 1.54) is 22.2 Å². The molecule has 8 heteroatoms. The van der Waals surface area contributed by atoms with Gasteiger partial charge in [-0.15, -0.1) is 0 Å². The normalized spacial score (nSPS) is 13.9. The molecule has 0 saturated carbocycles. The Morgan fingerprint density at radius 1 is 1.58 bits per heavy atom. The van der Waals surface area contributed by atoms with E-state index in [1.807, 2.05) is 6.92 Å². The van der Waals surface area contributed by atoms with Gasteiger partial charge in [0.15, 0.2) is 5.82 Å². The first kappa shape index (κ1) is 15.9. The highest BCUT2D eigenvalue weighted by atomic mass is 32.2. The molecule has 1 atom stereocenters. The van der Waals surface area contributed by atoms with Crippen LogP contribution in [-0.2, 0) is 16.6 Å². The number of nitrogens with two attached hydrogens (primary N) is 1. The molecule has 1 heterocycles. The topological polar surface area (TPSA) is 101 Å². The smallest absolute Gasteiger partial charge is 0.248 e. The average Bonchev–Trinajstić information content (AvgIpc) is 2.68. The van der Waals surface area contributed by atoms with Gasteiger partial charge in [-0.1, -0.05) is 6.92 Å². The van der Waals surface area contributed by atoms with Crippen molar-refractivity contribution in [2.45, 2.75) is 44.2 Å². The number of hydrogen-bond acceptors (Lipinski definition) is 5. The maximum absolute atomic E-state index is 12.3. The molecule has 3 N–H and O–H groups in total. The fourth-order valence-electron chi connectivity index (χ4n) is 1.62. The SMILES string of the molecule is CCCn1cc(S(=O)(=O)N(C)CCC(C)O)c(N)n1. The van der Waals surface area contributed by atoms with Crippen molar-refractivity contribution in [3.05, 3.63) is 6.20 Å². The van der Waals surface area contributed by atoms with Crippen LogP contribution in [-0.4, -0.2) is 47.3 Å². The Kier molecular flexibility index (Phi) is 5.33. The molecule has 1 unspecified atom stereocenters. The summed E-state index contributed by atoms with van der Waals surface area (Å²) in [5.74, 6) is 0.0114. The standard InChI is InChI=1S/C11H22N4O3S/c1-4-6-15-8-10(11(12)13-15)19(17,18)14(3)7-5-9(2)16/h8-9,16H,4-7H2,1-3H3,(H2,12,13). The molecule has 0 fully saturated rings. The summed E-state index contributed by atoms with van der Waals surface area (Å²) in [6.07, 6.45) is 2.13. The van der Waals surface area contributed by atoms with Gasteiger partial charge >= 0.3 is 0 Å². The third-order valence-electron chi connectivity index (χ3n) is 2.76. The minimum Gasteiger partial charge on any atom is -0.393 e. The van der Waals surface area contributed by atoms with E-state index < -0.39 is 16.1 Å². The van der Waals surface area contributed by atoms with E-state index in [0.717, 1.165) is 6.42 Å². The number of aliphatic hydroxyl groups is 1. The molecule has 0 bridgehead atoms. The molecule has 0 aromatic carbocycles. The monoisotopic (exact) mass is 290 g/mol. The molecule has 1 aromatic rings. The summed E-state index contributed by atoms with van der Waals surface area (Å²) in [6.45, 7) is 4.45. The molecule has 110 valence electrons. The molecular weight excluding hydrogens is 268 g/mol. The first-order valence-electron chi connectivity index (χ1n) is 6.26. The highest BCUT2D eigenvalue weighted by Crippen LogP contribution is 2.20. The maximum Gasteiger partial charge on any atom is 0.248 e. The van der Waals surface area contributed by atoms with Crippen LogP contribution in [0.15, 0.2) is 11.1 Å². The average molecular weight is 290 g/mol. The molecular formula is C11H22N4O3S. The fourth-order valence-corrected chi connectivity index (χ4v) is 2.86. The van der Waals surface area contributed by atoms with Crippen molar-refractivity contribution in [2.75, 3.05) is 19.3 Å². The van der Waals surface area contributed by atoms with E-state index in [-0.39, 0.29) is 17.3 Å². The minimum atomic E-state index is -3.65. The highest BCUT2D eigenvalue weighted by Gasteiger charge is 2.26. The Labute approximate surface area is 114 Å². The largest absolute Gasteiger partial charge is 0.393 e. The number of rotatable bonds is 7. The van der Waals surface area contributed by atoms with Crippen LogP contribution in [0.5, 0.6) is 0 Å². The predicted octanol–water partition coefficient (Wildman–Crippen LogP) is 0.267. The molecule has 1 rings (SSSR count). The zero-order valence-electron chi connectivity index (χ0n) is 11.6. The van der Waals surface area contributed by atoms with Gasteiger partial charge in [0.25, 0.3) is 0 Å². The van der Waals surface area contributed by atoms with Crippen LogP contribution in [0.25, 0.3) is 0 Å². The zero-order valence-corrected chi connectivity index (χ0v) is 12.4. The zero-order chi connectivity index (χ0) is 14.6. The number of nitrogens with zero attached hydrogens (tertiary/aromatic N) is 3. The maximum atomic E-state index is 12.3. The number of sulfonamides is 1. The summed E-state index contributed by atoms with van der Waals surface area (Å²) < 4.78 is 27.3. The highest BCUT2D eigenvalue weighted by molar-refractivity contribution is 7.89. The Hall–Kier alpha value is -1.12. The van der Waals surface area contributed by atoms with Crippen LogP contribution < -0.4 is 5.73 Å². The summed E-state index contributed by atoms with van der Waals surface area (Å²) in [6, 6.07) is 0. The third kappa shape index (κ3) is 3.92. The van der Waals surface area contributed by atoms with E-state index in [1.54, 1.807) is 6.92 Å². The van der Waals surface area contributed by atoms with Gasteiger partial charge in [0.1, 0.15) is 4.90 Å². The third-order valence-corrected chi connectivity index (χ3v) is 4.63. The lowest BCUT2D eigenvalue weighted by Crippen LogP contribution is -2.29. The summed E-state index contributed by atoms with van der Waals surface area (Å²) in [5.41, 5.74) is 5.66. The lowest BCUT2D eigenvalue weighted by atomic mass is 10.3. The van der Waals surface area contributed by atoms with Crippen molar-refractivity contribution in [1.82, 2.24) is 14.1 Å². The molecule has 0 amide bonds. The van der Waals surface area contributed by atoms with Gasteiger partial charge < -0.3 is 10.8 Å². The Morgan fingerprint density at radius 2 is 2.21 bits per heavy atom. The van der Waals surface area contributed by atoms with E-state index in [0.29, 0.717) is 13.0 Å². The van der Waals surface area contributed by atoms with E-state index in [2.05, 4.69) is 5.10 Å². The van der Waals surface area contributed by atoms with Crippen LogP contribution in [0, 0.1) is 0 Å². The number of aliphatic hydroxyl groups excluding tert-OH is 1. The van der Waals surface area contributed by atoms with Crippen molar-refractivity contribution in [2.24, 2.45) is 0 Å². The van der Waals surface area contributed by atoms with Crippen LogP contribution in [0.3, 0.4) is 0 Å². The number of anilines is 1. The summed E-state index contributed by atoms with van der Waals surface area (Å²) in [7, 11) is -2.18. The summed E-state index contributed by atoms with van der Waals surface area (Å²) >= 11 is 0. The van der Waals surface area contributed by atoms with Crippen LogP contribution in [0.1, 0.15) is 26.7 Å². The van der Waals surface area contributed by atoms with E-state index in [9.17, 15) is 13.5 Å². The predicted molar refractivity (Wildman–Crippen MR) is 73.0 cm³/mol. The molecule has 1 aromatic heterocycles. The molecule has 7 nitrogen and oxygen atoms in total. The van der Waals surface area contributed by atoms with Gasteiger partial charge in [-0.2, -0.15) is 5.10 Å². The lowest BCUT2D eigenvalue weighted by Gasteiger charge is -2.17. The molecule has 19 heavy (non-hydrogen) atoms. The van der Waals surface area contributed by atoms with Crippen LogP contribution in [0.4, 0.5) is 5.82 Å². The fraction of sp³-hybridized carbons (Fsp3) is 0.727. The van der Waals surface area contributed by atoms with Gasteiger partial charge in [-0.3, -0.25) is 4.68 Å². The van der Waals surface area contributed by atoms with Crippen LogP contribution >= 0.6 is 0 Å². The van der Waals surface area contributed by atoms with Crippen molar-refractivity contribution < 1.29 is 13.5 Å².